The Morgan fingerprint density at radius 2 is 1.38 bits per heavy atom. The topological polar surface area (TPSA) is 99.1 Å². The SMILES string of the molecule is CCCCCCCCCCCCC(C(CC(S)S)OC(=O)O)N(Cc1ccc(C(=O)NO)cc1)Cc1ccc2ccccc2c1. The predicted molar refractivity (Wildman–Crippen MR) is 188 cm³/mol. The summed E-state index contributed by atoms with van der Waals surface area (Å²) in [6, 6.07) is 21.5. The maximum atomic E-state index is 11.9. The van der Waals surface area contributed by atoms with Gasteiger partial charge in [0.2, 0.25) is 0 Å². The third-order valence-electron chi connectivity index (χ3n) is 8.35. The number of carbonyl (C=O) groups excluding carboxylic acids is 1. The van der Waals surface area contributed by atoms with Gasteiger partial charge in [-0.1, -0.05) is 120 Å². The molecule has 9 heteroatoms. The van der Waals surface area contributed by atoms with E-state index in [0.717, 1.165) is 47.6 Å². The molecule has 0 aliphatic rings. The number of hydrogen-bond donors (Lipinski definition) is 5. The molecule has 2 unspecified atom stereocenters. The second-order valence-corrected chi connectivity index (χ2v) is 13.6. The fraction of sp³-hybridized carbons (Fsp3) is 0.500. The number of carbonyl (C=O) groups is 2. The zero-order chi connectivity index (χ0) is 32.4. The number of benzene rings is 3. The van der Waals surface area contributed by atoms with Gasteiger partial charge >= 0.3 is 6.16 Å². The summed E-state index contributed by atoms with van der Waals surface area (Å²) in [5.74, 6) is -0.572. The van der Waals surface area contributed by atoms with Gasteiger partial charge in [0.15, 0.2) is 0 Å². The minimum absolute atomic E-state index is 0.219. The number of thiol groups is 2. The standard InChI is InChI=1S/C36H50N2O5S2/c1-2-3-4-5-6-7-8-9-10-11-16-32(33(24-34(44)45)43-36(40)41)38(25-27-17-21-30(22-18-27)35(39)37-42)26-28-19-20-29-14-12-13-15-31(29)23-28/h12-15,17-23,32-34,42,44-45H,2-11,16,24-26H2,1H3,(H,37,39)(H,40,41). The maximum Gasteiger partial charge on any atom is 0.506 e. The molecule has 2 atom stereocenters. The highest BCUT2D eigenvalue weighted by molar-refractivity contribution is 7.99. The molecule has 0 aliphatic heterocycles. The van der Waals surface area contributed by atoms with Gasteiger partial charge in [-0.3, -0.25) is 14.9 Å². The Balaban J connectivity index is 1.84. The first-order valence-electron chi connectivity index (χ1n) is 16.3. The quantitative estimate of drug-likeness (QED) is 0.0196. The number of fused-ring (bicyclic) bond motifs is 1. The predicted octanol–water partition coefficient (Wildman–Crippen LogP) is 9.28. The minimum Gasteiger partial charge on any atom is -0.450 e. The molecule has 0 fully saturated rings. The maximum absolute atomic E-state index is 11.9. The summed E-state index contributed by atoms with van der Waals surface area (Å²) in [6.45, 7) is 3.33. The van der Waals surface area contributed by atoms with Gasteiger partial charge < -0.3 is 9.84 Å². The van der Waals surface area contributed by atoms with Crippen LogP contribution in [-0.4, -0.2) is 44.0 Å². The Kier molecular flexibility index (Phi) is 16.7. The number of amides is 1. The summed E-state index contributed by atoms with van der Waals surface area (Å²) < 4.78 is 5.21. The fourth-order valence-electron chi connectivity index (χ4n) is 5.99. The zero-order valence-electron chi connectivity index (χ0n) is 26.4. The molecule has 3 aromatic rings. The van der Waals surface area contributed by atoms with Crippen LogP contribution in [0.1, 0.15) is 105 Å². The smallest absolute Gasteiger partial charge is 0.450 e. The first kappa shape index (κ1) is 36.7. The molecular weight excluding hydrogens is 605 g/mol. The number of hydrogen-bond acceptors (Lipinski definition) is 7. The van der Waals surface area contributed by atoms with Crippen molar-refractivity contribution in [3.63, 3.8) is 0 Å². The molecule has 0 saturated heterocycles. The normalized spacial score (nSPS) is 12.8. The number of ether oxygens (including phenoxy) is 1. The lowest BCUT2D eigenvalue weighted by molar-refractivity contribution is -0.00939. The lowest BCUT2D eigenvalue weighted by Crippen LogP contribution is -2.45. The van der Waals surface area contributed by atoms with Crippen LogP contribution in [0.25, 0.3) is 10.8 Å². The average Bonchev–Trinajstić information content (AvgIpc) is 3.02. The minimum atomic E-state index is -1.31. The summed E-state index contributed by atoms with van der Waals surface area (Å²) >= 11 is 8.99. The molecule has 7 nitrogen and oxygen atoms in total. The molecule has 0 saturated carbocycles. The lowest BCUT2D eigenvalue weighted by Gasteiger charge is -2.37. The summed E-state index contributed by atoms with van der Waals surface area (Å²) in [7, 11) is 0. The molecule has 45 heavy (non-hydrogen) atoms. The fourth-order valence-corrected chi connectivity index (χ4v) is 6.40. The van der Waals surface area contributed by atoms with E-state index in [2.05, 4.69) is 67.4 Å². The van der Waals surface area contributed by atoms with Crippen LogP contribution in [0.5, 0.6) is 0 Å². The molecule has 246 valence electrons. The van der Waals surface area contributed by atoms with Crippen molar-refractivity contribution in [3.8, 4) is 0 Å². The molecule has 0 radical (unpaired) electrons. The summed E-state index contributed by atoms with van der Waals surface area (Å²) in [6.07, 6.45) is 11.4. The molecule has 0 heterocycles. The molecule has 1 amide bonds. The van der Waals surface area contributed by atoms with Crippen molar-refractivity contribution in [2.45, 2.75) is 114 Å². The van der Waals surface area contributed by atoms with Crippen molar-refractivity contribution < 1.29 is 24.6 Å². The second kappa shape index (κ2) is 20.4. The molecule has 0 aromatic heterocycles. The number of carboxylic acid groups (broad SMARTS) is 1. The first-order valence-corrected chi connectivity index (χ1v) is 17.3. The van der Waals surface area contributed by atoms with Gasteiger partial charge in [-0.2, -0.15) is 25.3 Å². The van der Waals surface area contributed by atoms with Crippen molar-refractivity contribution in [2.75, 3.05) is 0 Å². The van der Waals surface area contributed by atoms with Gasteiger partial charge in [-0.15, -0.1) is 0 Å². The van der Waals surface area contributed by atoms with Crippen LogP contribution >= 0.6 is 25.3 Å². The van der Waals surface area contributed by atoms with Crippen molar-refractivity contribution in [1.29, 1.82) is 0 Å². The Labute approximate surface area is 279 Å². The Bertz CT molecular complexity index is 1300. The molecule has 0 bridgehead atoms. The van der Waals surface area contributed by atoms with E-state index in [0.29, 0.717) is 25.1 Å². The monoisotopic (exact) mass is 654 g/mol. The molecular formula is C36H50N2O5S2. The third-order valence-corrected chi connectivity index (χ3v) is 8.77. The highest BCUT2D eigenvalue weighted by atomic mass is 32.2. The Morgan fingerprint density at radius 3 is 1.98 bits per heavy atom. The Morgan fingerprint density at radius 1 is 0.800 bits per heavy atom. The van der Waals surface area contributed by atoms with Crippen molar-refractivity contribution in [1.82, 2.24) is 10.4 Å². The number of rotatable bonds is 21. The largest absolute Gasteiger partial charge is 0.506 e. The summed E-state index contributed by atoms with van der Waals surface area (Å²) in [4.78, 5) is 26.1. The highest BCUT2D eigenvalue weighted by Gasteiger charge is 2.32. The zero-order valence-corrected chi connectivity index (χ0v) is 28.2. The van der Waals surface area contributed by atoms with Gasteiger partial charge in [-0.05, 0) is 46.5 Å². The molecule has 3 N–H and O–H groups in total. The highest BCUT2D eigenvalue weighted by Crippen LogP contribution is 2.28. The average molecular weight is 655 g/mol. The van der Waals surface area contributed by atoms with Crippen molar-refractivity contribution >= 4 is 48.1 Å². The van der Waals surface area contributed by atoms with Crippen molar-refractivity contribution in [2.24, 2.45) is 0 Å². The van der Waals surface area contributed by atoms with Crippen LogP contribution in [0.3, 0.4) is 0 Å². The number of nitrogens with one attached hydrogen (secondary N) is 1. The van der Waals surface area contributed by atoms with E-state index in [1.54, 1.807) is 17.6 Å². The molecule has 3 aromatic carbocycles. The van der Waals surface area contributed by atoms with Crippen LogP contribution in [0.4, 0.5) is 4.79 Å². The first-order chi connectivity index (χ1) is 21.8. The molecule has 0 aliphatic carbocycles. The van der Waals surface area contributed by atoms with E-state index in [4.69, 9.17) is 9.94 Å². The number of unbranched alkanes of at least 4 members (excludes halogenated alkanes) is 9. The van der Waals surface area contributed by atoms with E-state index < -0.39 is 18.2 Å². The van der Waals surface area contributed by atoms with E-state index in [-0.39, 0.29) is 10.6 Å². The molecule has 3 rings (SSSR count). The van der Waals surface area contributed by atoms with Gasteiger partial charge in [0.25, 0.3) is 5.91 Å². The summed E-state index contributed by atoms with van der Waals surface area (Å²) in [5, 5.41) is 21.1. The van der Waals surface area contributed by atoms with Gasteiger partial charge in [0.1, 0.15) is 6.10 Å². The number of hydroxylamine groups is 1. The van der Waals surface area contributed by atoms with Crippen molar-refractivity contribution in [3.05, 3.63) is 83.4 Å². The van der Waals surface area contributed by atoms with Crippen LogP contribution in [0.15, 0.2) is 66.7 Å². The van der Waals surface area contributed by atoms with E-state index in [1.807, 2.05) is 24.3 Å². The van der Waals surface area contributed by atoms with Crippen LogP contribution in [-0.2, 0) is 17.8 Å². The third kappa shape index (κ3) is 13.3. The van der Waals surface area contributed by atoms with Gasteiger partial charge in [0.05, 0.1) is 0 Å². The van der Waals surface area contributed by atoms with E-state index >= 15 is 0 Å². The van der Waals surface area contributed by atoms with Gasteiger partial charge in [-0.25, -0.2) is 10.3 Å². The lowest BCUT2D eigenvalue weighted by atomic mass is 9.96. The number of nitrogens with zero attached hydrogens (tertiary/aromatic N) is 1. The summed E-state index contributed by atoms with van der Waals surface area (Å²) in [5.41, 5.74) is 4.10. The van der Waals surface area contributed by atoms with E-state index in [9.17, 15) is 14.7 Å². The second-order valence-electron chi connectivity index (χ2n) is 11.9. The Hall–Kier alpha value is -2.72. The van der Waals surface area contributed by atoms with Crippen LogP contribution in [0.2, 0.25) is 0 Å². The van der Waals surface area contributed by atoms with Crippen LogP contribution < -0.4 is 5.48 Å². The molecule has 0 spiro atoms. The van der Waals surface area contributed by atoms with Crippen LogP contribution in [0, 0.1) is 0 Å². The van der Waals surface area contributed by atoms with E-state index in [1.165, 1.54) is 44.9 Å². The van der Waals surface area contributed by atoms with Gasteiger partial charge in [0, 0.05) is 35.7 Å².